The summed E-state index contributed by atoms with van der Waals surface area (Å²) in [4.78, 5) is 28.3. The van der Waals surface area contributed by atoms with E-state index in [1.165, 1.54) is 4.90 Å². The number of benzene rings is 4. The van der Waals surface area contributed by atoms with Crippen LogP contribution in [0.2, 0.25) is 0 Å². The fourth-order valence-electron chi connectivity index (χ4n) is 4.85. The summed E-state index contributed by atoms with van der Waals surface area (Å²) in [6, 6.07) is 30.5. The van der Waals surface area contributed by atoms with Crippen molar-refractivity contribution in [2.24, 2.45) is 0 Å². The summed E-state index contributed by atoms with van der Waals surface area (Å²) in [7, 11) is 0. The van der Waals surface area contributed by atoms with Gasteiger partial charge in [0.25, 0.3) is 11.7 Å². The molecule has 0 saturated carbocycles. The second kappa shape index (κ2) is 11.5. The fourth-order valence-corrected chi connectivity index (χ4v) is 4.85. The number of carbonyl (C=O) groups excluding carboxylic acids is 2. The van der Waals surface area contributed by atoms with Crippen molar-refractivity contribution in [2.75, 3.05) is 4.90 Å². The summed E-state index contributed by atoms with van der Waals surface area (Å²) < 4.78 is 11.8. The molecule has 1 aliphatic rings. The van der Waals surface area contributed by atoms with Gasteiger partial charge >= 0.3 is 0 Å². The summed E-state index contributed by atoms with van der Waals surface area (Å²) in [5.41, 5.74) is 3.55. The van der Waals surface area contributed by atoms with E-state index in [2.05, 4.69) is 0 Å². The molecule has 0 aliphatic carbocycles. The fraction of sp³-hybridized carbons (Fsp3) is 0.176. The highest BCUT2D eigenvalue weighted by molar-refractivity contribution is 6.51. The van der Waals surface area contributed by atoms with Crippen LogP contribution >= 0.6 is 0 Å². The summed E-state index contributed by atoms with van der Waals surface area (Å²) in [5, 5.41) is 11.5. The molecule has 0 aromatic heterocycles. The lowest BCUT2D eigenvalue weighted by Crippen LogP contribution is -2.29. The van der Waals surface area contributed by atoms with Crippen molar-refractivity contribution in [3.05, 3.63) is 131 Å². The zero-order chi connectivity index (χ0) is 28.2. The number of hydrogen-bond donors (Lipinski definition) is 1. The first-order valence-electron chi connectivity index (χ1n) is 13.2. The average Bonchev–Trinajstić information content (AvgIpc) is 3.23. The molecule has 1 fully saturated rings. The van der Waals surface area contributed by atoms with Crippen LogP contribution in [0.25, 0.3) is 5.76 Å². The molecule has 40 heavy (non-hydrogen) atoms. The molecule has 202 valence electrons. The highest BCUT2D eigenvalue weighted by Gasteiger charge is 2.47. The van der Waals surface area contributed by atoms with E-state index in [4.69, 9.17) is 9.47 Å². The molecule has 0 radical (unpaired) electrons. The Labute approximate surface area is 234 Å². The first kappa shape index (κ1) is 26.8. The smallest absolute Gasteiger partial charge is 0.300 e. The van der Waals surface area contributed by atoms with Crippen LogP contribution in [0.15, 0.2) is 109 Å². The third-order valence-corrected chi connectivity index (χ3v) is 6.73. The number of aliphatic hydroxyl groups excluding tert-OH is 1. The normalized spacial score (nSPS) is 16.4. The molecule has 1 unspecified atom stereocenters. The zero-order valence-corrected chi connectivity index (χ0v) is 22.7. The van der Waals surface area contributed by atoms with Crippen LogP contribution in [0.4, 0.5) is 5.69 Å². The number of para-hydroxylation sites is 1. The van der Waals surface area contributed by atoms with Crippen LogP contribution < -0.4 is 14.4 Å². The van der Waals surface area contributed by atoms with Gasteiger partial charge in [-0.2, -0.15) is 0 Å². The lowest BCUT2D eigenvalue weighted by atomic mass is 9.94. The van der Waals surface area contributed by atoms with Crippen LogP contribution in [-0.4, -0.2) is 22.9 Å². The van der Waals surface area contributed by atoms with E-state index in [1.807, 2.05) is 93.6 Å². The molecule has 1 saturated heterocycles. The lowest BCUT2D eigenvalue weighted by molar-refractivity contribution is -0.132. The molecule has 0 bridgehead atoms. The molecule has 1 N–H and O–H groups in total. The summed E-state index contributed by atoms with van der Waals surface area (Å²) >= 11 is 0. The minimum Gasteiger partial charge on any atom is -0.507 e. The Kier molecular flexibility index (Phi) is 7.69. The summed E-state index contributed by atoms with van der Waals surface area (Å²) in [6.07, 6.45) is 0.00342. The van der Waals surface area contributed by atoms with Crippen molar-refractivity contribution in [1.29, 1.82) is 0 Å². The number of aliphatic hydroxyl groups is 1. The number of rotatable bonds is 8. The van der Waals surface area contributed by atoms with Gasteiger partial charge in [0.2, 0.25) is 0 Å². The number of anilines is 1. The van der Waals surface area contributed by atoms with Crippen LogP contribution in [0.3, 0.4) is 0 Å². The molecule has 0 spiro atoms. The molecule has 4 aromatic rings. The number of hydrogen-bond acceptors (Lipinski definition) is 5. The van der Waals surface area contributed by atoms with E-state index in [0.29, 0.717) is 34.9 Å². The van der Waals surface area contributed by atoms with Gasteiger partial charge in [-0.25, -0.2) is 0 Å². The Hall–Kier alpha value is -4.84. The van der Waals surface area contributed by atoms with Gasteiger partial charge in [0.15, 0.2) is 0 Å². The van der Waals surface area contributed by atoms with Crippen LogP contribution in [-0.2, 0) is 16.2 Å². The van der Waals surface area contributed by atoms with E-state index in [9.17, 15) is 14.7 Å². The summed E-state index contributed by atoms with van der Waals surface area (Å²) in [6.45, 7) is 6.17. The van der Waals surface area contributed by atoms with Crippen molar-refractivity contribution in [3.8, 4) is 11.5 Å². The van der Waals surface area contributed by atoms with Gasteiger partial charge in [0.1, 0.15) is 23.9 Å². The molecule has 1 aliphatic heterocycles. The molecule has 1 amide bonds. The Morgan fingerprint density at radius 2 is 1.52 bits per heavy atom. The first-order chi connectivity index (χ1) is 19.3. The van der Waals surface area contributed by atoms with Gasteiger partial charge in [-0.05, 0) is 79.9 Å². The van der Waals surface area contributed by atoms with Gasteiger partial charge in [0, 0.05) is 11.3 Å². The Balaban J connectivity index is 1.54. The van der Waals surface area contributed by atoms with E-state index in [-0.39, 0.29) is 17.4 Å². The molecular formula is C34H31NO5. The van der Waals surface area contributed by atoms with Gasteiger partial charge in [-0.15, -0.1) is 0 Å². The van der Waals surface area contributed by atoms with Crippen molar-refractivity contribution in [3.63, 3.8) is 0 Å². The number of carbonyl (C=O) groups is 2. The van der Waals surface area contributed by atoms with Crippen LogP contribution in [0.5, 0.6) is 11.5 Å². The Morgan fingerprint density at radius 1 is 0.875 bits per heavy atom. The predicted octanol–water partition coefficient (Wildman–Crippen LogP) is 6.99. The van der Waals surface area contributed by atoms with Crippen molar-refractivity contribution in [2.45, 2.75) is 39.5 Å². The number of amides is 1. The number of ether oxygens (including phenoxy) is 2. The van der Waals surface area contributed by atoms with Crippen molar-refractivity contribution >= 4 is 23.1 Å². The van der Waals surface area contributed by atoms with Crippen LogP contribution in [0.1, 0.15) is 42.1 Å². The SMILES string of the molecule is Cc1cc(/C(O)=C2/C(=O)C(=O)N(c3ccccc3)C2c2ccc(OC(C)C)cc2)ccc1OCc1ccccc1. The Bertz CT molecular complexity index is 1540. The Morgan fingerprint density at radius 3 is 2.15 bits per heavy atom. The van der Waals surface area contributed by atoms with E-state index in [0.717, 1.165) is 11.1 Å². The number of Topliss-reactive ketones (excluding diaryl/α,β-unsaturated/α-hetero) is 1. The maximum absolute atomic E-state index is 13.5. The zero-order valence-electron chi connectivity index (χ0n) is 22.7. The topological polar surface area (TPSA) is 76.1 Å². The second-order valence-electron chi connectivity index (χ2n) is 9.99. The number of aryl methyl sites for hydroxylation is 1. The minimum absolute atomic E-state index is 0.00342. The highest BCUT2D eigenvalue weighted by atomic mass is 16.5. The minimum atomic E-state index is -0.815. The molecular weight excluding hydrogens is 502 g/mol. The second-order valence-corrected chi connectivity index (χ2v) is 9.99. The maximum Gasteiger partial charge on any atom is 0.300 e. The quantitative estimate of drug-likeness (QED) is 0.150. The predicted molar refractivity (Wildman–Crippen MR) is 155 cm³/mol. The molecule has 5 rings (SSSR count). The largest absolute Gasteiger partial charge is 0.507 e. The molecule has 6 heteroatoms. The summed E-state index contributed by atoms with van der Waals surface area (Å²) in [5.74, 6) is -0.322. The third kappa shape index (κ3) is 5.47. The van der Waals surface area contributed by atoms with Gasteiger partial charge < -0.3 is 14.6 Å². The molecule has 6 nitrogen and oxygen atoms in total. The van der Waals surface area contributed by atoms with E-state index < -0.39 is 17.7 Å². The monoisotopic (exact) mass is 533 g/mol. The van der Waals surface area contributed by atoms with Crippen molar-refractivity contribution in [1.82, 2.24) is 0 Å². The number of ketones is 1. The average molecular weight is 534 g/mol. The highest BCUT2D eigenvalue weighted by Crippen LogP contribution is 2.42. The van der Waals surface area contributed by atoms with Crippen LogP contribution in [0, 0.1) is 6.92 Å². The molecule has 4 aromatic carbocycles. The maximum atomic E-state index is 13.5. The van der Waals surface area contributed by atoms with E-state index >= 15 is 0 Å². The lowest BCUT2D eigenvalue weighted by Gasteiger charge is -2.25. The van der Waals surface area contributed by atoms with Gasteiger partial charge in [0.05, 0.1) is 17.7 Å². The molecule has 1 heterocycles. The third-order valence-electron chi connectivity index (χ3n) is 6.73. The number of nitrogens with zero attached hydrogens (tertiary/aromatic N) is 1. The van der Waals surface area contributed by atoms with Crippen molar-refractivity contribution < 1.29 is 24.2 Å². The van der Waals surface area contributed by atoms with E-state index in [1.54, 1.807) is 30.3 Å². The van der Waals surface area contributed by atoms with Gasteiger partial charge in [-0.1, -0.05) is 60.7 Å². The first-order valence-corrected chi connectivity index (χ1v) is 13.2. The van der Waals surface area contributed by atoms with Gasteiger partial charge in [-0.3, -0.25) is 14.5 Å². The standard InChI is InChI=1S/C34H31NO5/c1-22(2)40-28-17-14-25(15-18-28)31-30(33(37)34(38)35(31)27-12-8-5-9-13-27)32(36)26-16-19-29(23(3)20-26)39-21-24-10-6-4-7-11-24/h4-20,22,31,36H,21H2,1-3H3/b32-30-. The molecule has 1 atom stereocenters.